The number of anilines is 2. The molecular weight excluding hydrogens is 587 g/mol. The van der Waals surface area contributed by atoms with Gasteiger partial charge in [-0.05, 0) is 61.0 Å². The zero-order valence-electron chi connectivity index (χ0n) is 22.8. The molecule has 0 fully saturated rings. The molecule has 0 saturated heterocycles. The van der Waals surface area contributed by atoms with Gasteiger partial charge in [0.15, 0.2) is 9.84 Å². The number of halogens is 3. The van der Waals surface area contributed by atoms with Gasteiger partial charge in [0.05, 0.1) is 40.5 Å². The molecule has 0 aliphatic carbocycles. The van der Waals surface area contributed by atoms with E-state index in [2.05, 4.69) is 5.10 Å². The van der Waals surface area contributed by atoms with E-state index < -0.39 is 39.3 Å². The van der Waals surface area contributed by atoms with Crippen LogP contribution in [0.15, 0.2) is 93.8 Å². The molecule has 1 aromatic heterocycles. The number of sulfone groups is 1. The molecule has 0 N–H and O–H groups in total. The molecule has 10 nitrogen and oxygen atoms in total. The van der Waals surface area contributed by atoms with Crippen molar-refractivity contribution in [2.45, 2.75) is 24.0 Å². The lowest BCUT2D eigenvalue weighted by atomic mass is 9.93. The smallest absolute Gasteiger partial charge is 0.416 e. The number of nitriles is 1. The Balaban J connectivity index is 1.86. The van der Waals surface area contributed by atoms with Gasteiger partial charge >= 0.3 is 17.8 Å². The minimum absolute atomic E-state index is 0.0460. The summed E-state index contributed by atoms with van der Waals surface area (Å²) in [5, 5.41) is 13.7. The van der Waals surface area contributed by atoms with Gasteiger partial charge in [0.2, 0.25) is 5.95 Å². The predicted molar refractivity (Wildman–Crippen MR) is 149 cm³/mol. The fourth-order valence-corrected chi connectivity index (χ4v) is 5.57. The third kappa shape index (κ3) is 5.19. The van der Waals surface area contributed by atoms with Crippen LogP contribution >= 0.6 is 0 Å². The Morgan fingerprint density at radius 3 is 2.28 bits per heavy atom. The largest absolute Gasteiger partial charge is 0.466 e. The van der Waals surface area contributed by atoms with Crippen molar-refractivity contribution in [2.75, 3.05) is 18.3 Å². The Hall–Kier alpha value is -5.16. The molecule has 2 heterocycles. The summed E-state index contributed by atoms with van der Waals surface area (Å²) in [5.74, 6) is -0.998. The first-order chi connectivity index (χ1) is 20.3. The Kier molecular flexibility index (Phi) is 7.23. The highest BCUT2D eigenvalue weighted by molar-refractivity contribution is 7.90. The third-order valence-corrected chi connectivity index (χ3v) is 8.04. The number of allylic oxidation sites excluding steroid dienone is 1. The SMILES string of the molecule is COC(=O)C1=C(C)N(c2cccc(C(F)(F)F)c2)c2nn(-c3cccc(S(C)(=O)=O)c3)c(=O)n2C1c1ccc(C#N)cc1. The summed E-state index contributed by atoms with van der Waals surface area (Å²) in [7, 11) is -2.55. The highest BCUT2D eigenvalue weighted by Gasteiger charge is 2.41. The van der Waals surface area contributed by atoms with E-state index in [1.165, 1.54) is 72.5 Å². The number of rotatable bonds is 5. The number of esters is 1. The minimum Gasteiger partial charge on any atom is -0.466 e. The molecular formula is C29H22F3N5O5S. The van der Waals surface area contributed by atoms with Gasteiger partial charge in [-0.25, -0.2) is 22.6 Å². The quantitative estimate of drug-likeness (QED) is 0.303. The van der Waals surface area contributed by atoms with Crippen molar-refractivity contribution in [1.82, 2.24) is 14.3 Å². The summed E-state index contributed by atoms with van der Waals surface area (Å²) in [6.45, 7) is 1.49. The first kappa shape index (κ1) is 29.3. The molecule has 4 aromatic rings. The number of benzene rings is 3. The number of methoxy groups -OCH3 is 1. The molecule has 43 heavy (non-hydrogen) atoms. The lowest BCUT2D eigenvalue weighted by Gasteiger charge is -2.35. The molecule has 1 aliphatic heterocycles. The average Bonchev–Trinajstić information content (AvgIpc) is 3.31. The van der Waals surface area contributed by atoms with Gasteiger partial charge < -0.3 is 4.74 Å². The van der Waals surface area contributed by atoms with Gasteiger partial charge in [-0.1, -0.05) is 24.3 Å². The van der Waals surface area contributed by atoms with E-state index in [1.807, 2.05) is 6.07 Å². The normalized spacial score (nSPS) is 15.2. The van der Waals surface area contributed by atoms with Gasteiger partial charge in [0.25, 0.3) is 0 Å². The number of carbonyl (C=O) groups is 1. The maximum absolute atomic E-state index is 14.1. The van der Waals surface area contributed by atoms with Gasteiger partial charge in [0, 0.05) is 17.6 Å². The fourth-order valence-electron chi connectivity index (χ4n) is 4.91. The molecule has 14 heteroatoms. The van der Waals surface area contributed by atoms with E-state index in [0.29, 0.717) is 11.1 Å². The van der Waals surface area contributed by atoms with Crippen LogP contribution in [0.25, 0.3) is 5.69 Å². The summed E-state index contributed by atoms with van der Waals surface area (Å²) in [5.41, 5.74) is -1.01. The van der Waals surface area contributed by atoms with Crippen molar-refractivity contribution in [3.8, 4) is 11.8 Å². The molecule has 1 atom stereocenters. The summed E-state index contributed by atoms with van der Waals surface area (Å²) >= 11 is 0. The molecule has 0 spiro atoms. The van der Waals surface area contributed by atoms with Crippen LogP contribution in [0, 0.1) is 11.3 Å². The number of hydrogen-bond donors (Lipinski definition) is 0. The van der Waals surface area contributed by atoms with Crippen LogP contribution in [0.3, 0.4) is 0 Å². The minimum atomic E-state index is -4.69. The summed E-state index contributed by atoms with van der Waals surface area (Å²) < 4.78 is 72.7. The number of alkyl halides is 3. The highest BCUT2D eigenvalue weighted by atomic mass is 32.2. The number of carbonyl (C=O) groups excluding carboxylic acids is 1. The number of aromatic nitrogens is 3. The van der Waals surface area contributed by atoms with Crippen LogP contribution in [0.2, 0.25) is 0 Å². The molecule has 1 aliphatic rings. The molecule has 220 valence electrons. The Labute approximate surface area is 243 Å². The highest BCUT2D eigenvalue weighted by Crippen LogP contribution is 2.43. The van der Waals surface area contributed by atoms with Crippen LogP contribution in [0.4, 0.5) is 24.8 Å². The summed E-state index contributed by atoms with van der Waals surface area (Å²) in [4.78, 5) is 28.6. The van der Waals surface area contributed by atoms with E-state index in [9.17, 15) is 36.4 Å². The van der Waals surface area contributed by atoms with Crippen molar-refractivity contribution in [2.24, 2.45) is 0 Å². The second kappa shape index (κ2) is 10.6. The van der Waals surface area contributed by atoms with Crippen molar-refractivity contribution in [3.05, 3.63) is 111 Å². The van der Waals surface area contributed by atoms with E-state index in [-0.39, 0.29) is 33.5 Å². The molecule has 0 bridgehead atoms. The van der Waals surface area contributed by atoms with Crippen LogP contribution in [-0.4, -0.2) is 42.1 Å². The lowest BCUT2D eigenvalue weighted by molar-refractivity contribution is -0.138. The second-order valence-electron chi connectivity index (χ2n) is 9.64. The summed E-state index contributed by atoms with van der Waals surface area (Å²) in [6, 6.07) is 16.6. The number of fused-ring (bicyclic) bond motifs is 1. The zero-order chi connectivity index (χ0) is 31.3. The number of ether oxygens (including phenoxy) is 1. The topological polar surface area (TPSA) is 127 Å². The van der Waals surface area contributed by atoms with Gasteiger partial charge in [-0.2, -0.15) is 23.1 Å². The lowest BCUT2D eigenvalue weighted by Crippen LogP contribution is -2.38. The summed E-state index contributed by atoms with van der Waals surface area (Å²) in [6.07, 6.45) is -3.69. The predicted octanol–water partition coefficient (Wildman–Crippen LogP) is 4.52. The van der Waals surface area contributed by atoms with Gasteiger partial charge in [-0.3, -0.25) is 4.90 Å². The van der Waals surface area contributed by atoms with Crippen molar-refractivity contribution in [1.29, 1.82) is 5.26 Å². The standard InChI is InChI=1S/C29H22F3N5O5S/c1-17-24(26(38)42-2)25(19-12-10-18(16-33)11-13-19)36-27(35(17)21-7-4-6-20(14-21)29(30,31)32)34-37(28(36)39)22-8-5-9-23(15-22)43(3,40)41/h4-15,25H,1-3H3. The first-order valence-corrected chi connectivity index (χ1v) is 14.4. The molecule has 3 aromatic carbocycles. The van der Waals surface area contributed by atoms with Gasteiger partial charge in [0.1, 0.15) is 6.04 Å². The maximum atomic E-state index is 14.1. The molecule has 0 saturated carbocycles. The number of hydrogen-bond acceptors (Lipinski definition) is 8. The molecule has 5 rings (SSSR count). The van der Waals surface area contributed by atoms with E-state index in [4.69, 9.17) is 4.74 Å². The monoisotopic (exact) mass is 609 g/mol. The molecule has 0 radical (unpaired) electrons. The van der Waals surface area contributed by atoms with E-state index in [0.717, 1.165) is 34.7 Å². The Morgan fingerprint density at radius 2 is 1.67 bits per heavy atom. The van der Waals surface area contributed by atoms with E-state index in [1.54, 1.807) is 0 Å². The van der Waals surface area contributed by atoms with E-state index >= 15 is 0 Å². The van der Waals surface area contributed by atoms with Crippen molar-refractivity contribution in [3.63, 3.8) is 0 Å². The number of nitrogens with zero attached hydrogens (tertiary/aromatic N) is 5. The Bertz CT molecular complexity index is 2010. The molecule has 0 amide bonds. The van der Waals surface area contributed by atoms with Crippen LogP contribution in [-0.2, 0) is 25.5 Å². The fraction of sp³-hybridized carbons (Fsp3) is 0.172. The molecule has 1 unspecified atom stereocenters. The second-order valence-corrected chi connectivity index (χ2v) is 11.7. The zero-order valence-corrected chi connectivity index (χ0v) is 23.6. The van der Waals surface area contributed by atoms with Crippen molar-refractivity contribution < 1.29 is 31.1 Å². The van der Waals surface area contributed by atoms with Crippen LogP contribution in [0.5, 0.6) is 0 Å². The first-order valence-electron chi connectivity index (χ1n) is 12.5. The van der Waals surface area contributed by atoms with Crippen LogP contribution in [0.1, 0.15) is 29.7 Å². The average molecular weight is 610 g/mol. The third-order valence-electron chi connectivity index (χ3n) is 6.93. The van der Waals surface area contributed by atoms with Crippen LogP contribution < -0.4 is 10.6 Å². The van der Waals surface area contributed by atoms with Gasteiger partial charge in [-0.15, -0.1) is 5.10 Å². The van der Waals surface area contributed by atoms with Crippen molar-refractivity contribution >= 4 is 27.4 Å². The Morgan fingerprint density at radius 1 is 1.02 bits per heavy atom. The maximum Gasteiger partial charge on any atom is 0.416 e.